The van der Waals surface area contributed by atoms with Crippen LogP contribution in [0.2, 0.25) is 0 Å². The predicted molar refractivity (Wildman–Crippen MR) is 62.7 cm³/mol. The molecule has 0 aromatic carbocycles. The number of unbranched alkanes of at least 4 members (excludes halogenated alkanes) is 1. The Morgan fingerprint density at radius 1 is 1.62 bits per heavy atom. The van der Waals surface area contributed by atoms with Gasteiger partial charge in [0, 0.05) is 12.6 Å². The first kappa shape index (κ1) is 12.4. The highest BCUT2D eigenvalue weighted by Gasteiger charge is 2.09. The van der Waals surface area contributed by atoms with E-state index in [2.05, 4.69) is 28.5 Å². The van der Waals surface area contributed by atoms with Crippen molar-refractivity contribution >= 4 is 5.82 Å². The Morgan fingerprint density at radius 2 is 2.44 bits per heavy atom. The Bertz CT molecular complexity index is 358. The van der Waals surface area contributed by atoms with Crippen molar-refractivity contribution in [3.8, 4) is 6.07 Å². The van der Waals surface area contributed by atoms with Gasteiger partial charge in [0.15, 0.2) is 5.82 Å². The molecule has 5 nitrogen and oxygen atoms in total. The highest BCUT2D eigenvalue weighted by atomic mass is 15.2. The van der Waals surface area contributed by atoms with Gasteiger partial charge in [0.05, 0.1) is 11.8 Å². The standard InChI is InChI=1S/C11H17N5/c1-2-3-4-10(8-13)15-11-9(7-12)5-6-14-16-11/h5-6,10H,2-4,8,13H2,1H3,(H,15,16). The van der Waals surface area contributed by atoms with Crippen LogP contribution in [0, 0.1) is 11.3 Å². The lowest BCUT2D eigenvalue weighted by molar-refractivity contribution is 0.611. The Balaban J connectivity index is 2.66. The van der Waals surface area contributed by atoms with Crippen molar-refractivity contribution in [2.45, 2.75) is 32.2 Å². The Morgan fingerprint density at radius 3 is 3.06 bits per heavy atom. The number of nitrogens with two attached hydrogens (primary N) is 1. The lowest BCUT2D eigenvalue weighted by Crippen LogP contribution is -2.29. The summed E-state index contributed by atoms with van der Waals surface area (Å²) >= 11 is 0. The smallest absolute Gasteiger partial charge is 0.166 e. The van der Waals surface area contributed by atoms with Gasteiger partial charge in [0.25, 0.3) is 0 Å². The molecule has 5 heteroatoms. The van der Waals surface area contributed by atoms with Crippen molar-refractivity contribution in [1.29, 1.82) is 5.26 Å². The minimum Gasteiger partial charge on any atom is -0.363 e. The molecular weight excluding hydrogens is 202 g/mol. The SMILES string of the molecule is CCCCC(CN)Nc1nnccc1C#N. The number of hydrogen-bond acceptors (Lipinski definition) is 5. The van der Waals surface area contributed by atoms with Gasteiger partial charge in [0.2, 0.25) is 0 Å². The van der Waals surface area contributed by atoms with Gasteiger partial charge in [-0.1, -0.05) is 19.8 Å². The van der Waals surface area contributed by atoms with E-state index in [0.29, 0.717) is 17.9 Å². The van der Waals surface area contributed by atoms with Crippen LogP contribution in [0.15, 0.2) is 12.3 Å². The van der Waals surface area contributed by atoms with Gasteiger partial charge in [-0.2, -0.15) is 10.4 Å². The first-order valence-electron chi connectivity index (χ1n) is 5.50. The van der Waals surface area contributed by atoms with Crippen LogP contribution in [0.3, 0.4) is 0 Å². The topological polar surface area (TPSA) is 87.6 Å². The van der Waals surface area contributed by atoms with Crippen LogP contribution in [-0.2, 0) is 0 Å². The maximum atomic E-state index is 8.89. The van der Waals surface area contributed by atoms with E-state index in [-0.39, 0.29) is 6.04 Å². The zero-order valence-corrected chi connectivity index (χ0v) is 9.48. The molecule has 0 fully saturated rings. The summed E-state index contributed by atoms with van der Waals surface area (Å²) in [5.41, 5.74) is 6.16. The molecule has 3 N–H and O–H groups in total. The highest BCUT2D eigenvalue weighted by molar-refractivity contribution is 5.50. The molecule has 0 radical (unpaired) electrons. The zero-order valence-electron chi connectivity index (χ0n) is 9.48. The van der Waals surface area contributed by atoms with Crippen LogP contribution in [0.1, 0.15) is 31.7 Å². The number of nitrogens with one attached hydrogen (secondary N) is 1. The van der Waals surface area contributed by atoms with Crippen molar-refractivity contribution in [3.05, 3.63) is 17.8 Å². The maximum absolute atomic E-state index is 8.89. The van der Waals surface area contributed by atoms with Crippen molar-refractivity contribution in [2.24, 2.45) is 5.73 Å². The normalized spacial score (nSPS) is 11.8. The number of nitriles is 1. The van der Waals surface area contributed by atoms with E-state index >= 15 is 0 Å². The molecule has 1 heterocycles. The minimum atomic E-state index is 0.156. The van der Waals surface area contributed by atoms with Gasteiger partial charge in [-0.25, -0.2) is 0 Å². The van der Waals surface area contributed by atoms with Gasteiger partial charge in [-0.15, -0.1) is 5.10 Å². The van der Waals surface area contributed by atoms with E-state index in [1.54, 1.807) is 6.07 Å². The molecular formula is C11H17N5. The van der Waals surface area contributed by atoms with E-state index in [0.717, 1.165) is 19.3 Å². The fourth-order valence-electron chi connectivity index (χ4n) is 1.42. The molecule has 1 aromatic heterocycles. The summed E-state index contributed by atoms with van der Waals surface area (Å²) in [5, 5.41) is 19.7. The summed E-state index contributed by atoms with van der Waals surface area (Å²) in [5.74, 6) is 0.525. The van der Waals surface area contributed by atoms with Gasteiger partial charge in [-0.3, -0.25) is 0 Å². The number of rotatable bonds is 6. The Kier molecular flexibility index (Phi) is 5.23. The fourth-order valence-corrected chi connectivity index (χ4v) is 1.42. The second-order valence-electron chi connectivity index (χ2n) is 3.62. The molecule has 1 unspecified atom stereocenters. The molecule has 0 aliphatic rings. The molecule has 0 amide bonds. The van der Waals surface area contributed by atoms with E-state index < -0.39 is 0 Å². The number of nitrogens with zero attached hydrogens (tertiary/aromatic N) is 3. The average Bonchev–Trinajstić information content (AvgIpc) is 2.34. The molecule has 86 valence electrons. The lowest BCUT2D eigenvalue weighted by Gasteiger charge is -2.16. The van der Waals surface area contributed by atoms with Crippen LogP contribution >= 0.6 is 0 Å². The molecule has 0 saturated carbocycles. The third-order valence-electron chi connectivity index (χ3n) is 2.37. The van der Waals surface area contributed by atoms with Crippen LogP contribution in [0.5, 0.6) is 0 Å². The first-order valence-corrected chi connectivity index (χ1v) is 5.50. The zero-order chi connectivity index (χ0) is 11.8. The van der Waals surface area contributed by atoms with Crippen molar-refractivity contribution in [3.63, 3.8) is 0 Å². The minimum absolute atomic E-state index is 0.156. The molecule has 0 saturated heterocycles. The molecule has 1 atom stereocenters. The molecule has 0 spiro atoms. The molecule has 16 heavy (non-hydrogen) atoms. The third kappa shape index (κ3) is 3.48. The number of anilines is 1. The van der Waals surface area contributed by atoms with E-state index in [9.17, 15) is 0 Å². The monoisotopic (exact) mass is 219 g/mol. The van der Waals surface area contributed by atoms with Crippen molar-refractivity contribution < 1.29 is 0 Å². The lowest BCUT2D eigenvalue weighted by atomic mass is 10.1. The summed E-state index contributed by atoms with van der Waals surface area (Å²) < 4.78 is 0. The first-order chi connectivity index (χ1) is 7.81. The van der Waals surface area contributed by atoms with Crippen molar-refractivity contribution in [2.75, 3.05) is 11.9 Å². The van der Waals surface area contributed by atoms with E-state index in [4.69, 9.17) is 11.0 Å². The number of hydrogen-bond donors (Lipinski definition) is 2. The molecule has 0 aliphatic carbocycles. The van der Waals surface area contributed by atoms with Crippen molar-refractivity contribution in [1.82, 2.24) is 10.2 Å². The van der Waals surface area contributed by atoms with Crippen LogP contribution in [0.25, 0.3) is 0 Å². The quantitative estimate of drug-likeness (QED) is 0.752. The Hall–Kier alpha value is -1.67. The molecule has 0 aliphatic heterocycles. The van der Waals surface area contributed by atoms with Crippen LogP contribution in [0.4, 0.5) is 5.82 Å². The largest absolute Gasteiger partial charge is 0.363 e. The van der Waals surface area contributed by atoms with Gasteiger partial charge < -0.3 is 11.1 Å². The summed E-state index contributed by atoms with van der Waals surface area (Å²) in [6, 6.07) is 3.87. The van der Waals surface area contributed by atoms with E-state index in [1.807, 2.05) is 0 Å². The second-order valence-corrected chi connectivity index (χ2v) is 3.62. The number of aromatic nitrogens is 2. The molecule has 0 bridgehead atoms. The van der Waals surface area contributed by atoms with E-state index in [1.165, 1.54) is 6.20 Å². The molecule has 1 aromatic rings. The summed E-state index contributed by atoms with van der Waals surface area (Å²) in [6.07, 6.45) is 4.72. The fraction of sp³-hybridized carbons (Fsp3) is 0.545. The maximum Gasteiger partial charge on any atom is 0.166 e. The van der Waals surface area contributed by atoms with Gasteiger partial charge in [0.1, 0.15) is 6.07 Å². The van der Waals surface area contributed by atoms with Crippen LogP contribution < -0.4 is 11.1 Å². The predicted octanol–water partition coefficient (Wildman–Crippen LogP) is 1.28. The second kappa shape index (κ2) is 6.75. The van der Waals surface area contributed by atoms with Gasteiger partial charge >= 0.3 is 0 Å². The summed E-state index contributed by atoms with van der Waals surface area (Å²) in [4.78, 5) is 0. The highest BCUT2D eigenvalue weighted by Crippen LogP contribution is 2.12. The average molecular weight is 219 g/mol. The summed E-state index contributed by atoms with van der Waals surface area (Å²) in [6.45, 7) is 2.66. The summed E-state index contributed by atoms with van der Waals surface area (Å²) in [7, 11) is 0. The van der Waals surface area contributed by atoms with Crippen LogP contribution in [-0.4, -0.2) is 22.8 Å². The third-order valence-corrected chi connectivity index (χ3v) is 2.37. The van der Waals surface area contributed by atoms with Gasteiger partial charge in [-0.05, 0) is 12.5 Å². The Labute approximate surface area is 95.7 Å². The molecule has 1 rings (SSSR count).